The average Bonchev–Trinajstić information content (AvgIpc) is 2.78. The molecule has 0 spiro atoms. The molecule has 0 unspecified atom stereocenters. The second-order valence-electron chi connectivity index (χ2n) is 8.88. The number of piperidine rings is 2. The van der Waals surface area contributed by atoms with Crippen molar-refractivity contribution >= 4 is 17.9 Å². The van der Waals surface area contributed by atoms with E-state index in [1.807, 2.05) is 20.8 Å². The van der Waals surface area contributed by atoms with Crippen LogP contribution in [0.25, 0.3) is 0 Å². The Labute approximate surface area is 153 Å². The van der Waals surface area contributed by atoms with Gasteiger partial charge in [0.15, 0.2) is 0 Å². The molecule has 0 aromatic heterocycles. The number of hydrogen-bond donors (Lipinski definition) is 0. The molecule has 6 nitrogen and oxygen atoms in total. The number of amides is 3. The van der Waals surface area contributed by atoms with Crippen LogP contribution in [0.1, 0.15) is 54.3 Å². The highest BCUT2D eigenvalue weighted by molar-refractivity contribution is 6.21. The minimum atomic E-state index is -0.533. The predicted octanol–water partition coefficient (Wildman–Crippen LogP) is 2.93. The van der Waals surface area contributed by atoms with E-state index < -0.39 is 5.60 Å². The van der Waals surface area contributed by atoms with Crippen LogP contribution in [0.15, 0.2) is 24.3 Å². The fraction of sp³-hybridized carbons (Fsp3) is 0.550. The zero-order valence-electron chi connectivity index (χ0n) is 15.4. The maximum Gasteiger partial charge on any atom is 0.410 e. The summed E-state index contributed by atoms with van der Waals surface area (Å²) in [5.41, 5.74) is 0.218. The molecule has 3 fully saturated rings. The van der Waals surface area contributed by atoms with Gasteiger partial charge in [0.25, 0.3) is 11.8 Å². The summed E-state index contributed by atoms with van der Waals surface area (Å²) in [5.74, 6) is -0.0258. The van der Waals surface area contributed by atoms with Crippen molar-refractivity contribution in [1.29, 1.82) is 0 Å². The number of imide groups is 1. The van der Waals surface area contributed by atoms with Crippen LogP contribution in [-0.2, 0) is 4.74 Å². The van der Waals surface area contributed by atoms with Gasteiger partial charge in [-0.25, -0.2) is 4.79 Å². The Morgan fingerprint density at radius 1 is 1.15 bits per heavy atom. The molecule has 2 bridgehead atoms. The molecule has 5 rings (SSSR count). The predicted molar refractivity (Wildman–Crippen MR) is 94.8 cm³/mol. The van der Waals surface area contributed by atoms with Crippen LogP contribution in [0.4, 0.5) is 4.79 Å². The Bertz CT molecular complexity index is 754. The number of benzene rings is 1. The van der Waals surface area contributed by atoms with E-state index in [4.69, 9.17) is 4.74 Å². The molecule has 4 aliphatic rings. The van der Waals surface area contributed by atoms with Gasteiger partial charge < -0.3 is 9.64 Å². The third-order valence-electron chi connectivity index (χ3n) is 5.47. The van der Waals surface area contributed by atoms with E-state index in [1.165, 1.54) is 4.90 Å². The average molecular weight is 356 g/mol. The van der Waals surface area contributed by atoms with Crippen molar-refractivity contribution in [2.75, 3.05) is 19.6 Å². The van der Waals surface area contributed by atoms with Crippen LogP contribution in [-0.4, -0.2) is 52.9 Å². The van der Waals surface area contributed by atoms with Gasteiger partial charge in [-0.1, -0.05) is 12.1 Å². The molecule has 1 aromatic rings. The van der Waals surface area contributed by atoms with Crippen LogP contribution in [0.5, 0.6) is 0 Å². The summed E-state index contributed by atoms with van der Waals surface area (Å²) >= 11 is 0. The lowest BCUT2D eigenvalue weighted by Crippen LogP contribution is -2.62. The van der Waals surface area contributed by atoms with E-state index in [0.717, 1.165) is 12.8 Å². The Morgan fingerprint density at radius 3 is 2.27 bits per heavy atom. The maximum absolute atomic E-state index is 12.6. The SMILES string of the molecule is CC(C)(C)OC(=O)N1CC2CC(CN3C(=O)c4ccccc4C3=O)(C2)C1. The molecule has 1 saturated carbocycles. The molecular weight excluding hydrogens is 332 g/mol. The fourth-order valence-electron chi connectivity index (χ4n) is 4.57. The van der Waals surface area contributed by atoms with E-state index >= 15 is 0 Å². The first-order valence-corrected chi connectivity index (χ1v) is 9.11. The number of nitrogens with zero attached hydrogens (tertiary/aromatic N) is 2. The molecule has 0 radical (unpaired) electrons. The largest absolute Gasteiger partial charge is 0.444 e. The van der Waals surface area contributed by atoms with Crippen molar-refractivity contribution in [3.05, 3.63) is 35.4 Å². The van der Waals surface area contributed by atoms with Gasteiger partial charge in [0.1, 0.15) is 5.60 Å². The van der Waals surface area contributed by atoms with Gasteiger partial charge in [0.2, 0.25) is 0 Å². The molecule has 2 saturated heterocycles. The molecule has 138 valence electrons. The lowest BCUT2D eigenvalue weighted by Gasteiger charge is -2.56. The van der Waals surface area contributed by atoms with Crippen LogP contribution in [0.2, 0.25) is 0 Å². The zero-order valence-corrected chi connectivity index (χ0v) is 15.4. The molecule has 1 aromatic carbocycles. The standard InChI is InChI=1S/C20H24N2O4/c1-19(2,3)26-18(25)21-10-13-8-20(9-13,11-21)12-22-16(23)14-6-4-5-7-15(14)17(22)24/h4-7,13H,8-12H2,1-3H3. The smallest absolute Gasteiger partial charge is 0.410 e. The first-order valence-electron chi connectivity index (χ1n) is 9.11. The number of carbonyl (C=O) groups excluding carboxylic acids is 3. The van der Waals surface area contributed by atoms with Crippen LogP contribution >= 0.6 is 0 Å². The van der Waals surface area contributed by atoms with E-state index in [0.29, 0.717) is 36.7 Å². The van der Waals surface area contributed by atoms with Crippen molar-refractivity contribution in [2.24, 2.45) is 11.3 Å². The molecule has 6 heteroatoms. The van der Waals surface area contributed by atoms with Gasteiger partial charge in [0.05, 0.1) is 11.1 Å². The van der Waals surface area contributed by atoms with Gasteiger partial charge in [-0.05, 0) is 51.7 Å². The van der Waals surface area contributed by atoms with E-state index in [-0.39, 0.29) is 23.3 Å². The summed E-state index contributed by atoms with van der Waals surface area (Å²) in [6.07, 6.45) is 1.58. The van der Waals surface area contributed by atoms with E-state index in [1.54, 1.807) is 29.2 Å². The van der Waals surface area contributed by atoms with Crippen LogP contribution < -0.4 is 0 Å². The Balaban J connectivity index is 1.48. The monoisotopic (exact) mass is 356 g/mol. The third-order valence-corrected chi connectivity index (χ3v) is 5.47. The summed E-state index contributed by atoms with van der Waals surface area (Å²) in [6, 6.07) is 6.95. The summed E-state index contributed by atoms with van der Waals surface area (Å²) in [5, 5.41) is 0. The number of rotatable bonds is 2. The number of fused-ring (bicyclic) bond motifs is 3. The van der Waals surface area contributed by atoms with Crippen molar-refractivity contribution in [3.63, 3.8) is 0 Å². The quantitative estimate of drug-likeness (QED) is 0.764. The van der Waals surface area contributed by atoms with Crippen LogP contribution in [0, 0.1) is 11.3 Å². The van der Waals surface area contributed by atoms with Gasteiger partial charge in [0, 0.05) is 25.0 Å². The highest BCUT2D eigenvalue weighted by Crippen LogP contribution is 2.51. The molecule has 0 N–H and O–H groups in total. The second-order valence-corrected chi connectivity index (χ2v) is 8.88. The van der Waals surface area contributed by atoms with Crippen LogP contribution in [0.3, 0.4) is 0 Å². The molecule has 3 aliphatic heterocycles. The number of ether oxygens (including phenoxy) is 1. The van der Waals surface area contributed by atoms with E-state index in [2.05, 4.69) is 0 Å². The molecule has 3 amide bonds. The van der Waals surface area contributed by atoms with Crippen molar-refractivity contribution in [3.8, 4) is 0 Å². The molecule has 0 atom stereocenters. The van der Waals surface area contributed by atoms with Gasteiger partial charge in [-0.2, -0.15) is 0 Å². The summed E-state index contributed by atoms with van der Waals surface area (Å²) < 4.78 is 5.49. The zero-order chi connectivity index (χ0) is 18.7. The van der Waals surface area contributed by atoms with Crippen molar-refractivity contribution in [1.82, 2.24) is 9.80 Å². The molecule has 1 aliphatic carbocycles. The maximum atomic E-state index is 12.6. The normalized spacial score (nSPS) is 27.3. The Hall–Kier alpha value is -2.37. The molecule has 3 heterocycles. The fourth-order valence-corrected chi connectivity index (χ4v) is 4.57. The number of hydrogen-bond acceptors (Lipinski definition) is 4. The highest BCUT2D eigenvalue weighted by Gasteiger charge is 2.54. The van der Waals surface area contributed by atoms with Gasteiger partial charge in [-0.15, -0.1) is 0 Å². The topological polar surface area (TPSA) is 66.9 Å². The lowest BCUT2D eigenvalue weighted by molar-refractivity contribution is -0.0751. The second kappa shape index (κ2) is 5.56. The minimum absolute atomic E-state index is 0.201. The van der Waals surface area contributed by atoms with Crippen molar-refractivity contribution < 1.29 is 19.1 Å². The molecular formula is C20H24N2O4. The third kappa shape index (κ3) is 2.77. The summed E-state index contributed by atoms with van der Waals surface area (Å²) in [6.45, 7) is 7.15. The summed E-state index contributed by atoms with van der Waals surface area (Å²) in [4.78, 5) is 40.8. The summed E-state index contributed by atoms with van der Waals surface area (Å²) in [7, 11) is 0. The van der Waals surface area contributed by atoms with E-state index in [9.17, 15) is 14.4 Å². The first-order chi connectivity index (χ1) is 12.2. The minimum Gasteiger partial charge on any atom is -0.444 e. The number of carbonyl (C=O) groups is 3. The highest BCUT2D eigenvalue weighted by atomic mass is 16.6. The lowest BCUT2D eigenvalue weighted by atomic mass is 9.58. The van der Waals surface area contributed by atoms with Gasteiger partial charge >= 0.3 is 6.09 Å². The van der Waals surface area contributed by atoms with Crippen molar-refractivity contribution in [2.45, 2.75) is 39.2 Å². The Kier molecular flexibility index (Phi) is 3.65. The molecule has 26 heavy (non-hydrogen) atoms. The van der Waals surface area contributed by atoms with Gasteiger partial charge in [-0.3, -0.25) is 14.5 Å². The first kappa shape index (κ1) is 17.1. The Morgan fingerprint density at radius 2 is 1.73 bits per heavy atom.